The lowest BCUT2D eigenvalue weighted by Crippen LogP contribution is -1.88. The number of fused-ring (bicyclic) bond motifs is 1. The Kier molecular flexibility index (Phi) is 3.41. The molecular formula is C10H5BrCl3N. The van der Waals surface area contributed by atoms with Crippen molar-refractivity contribution < 1.29 is 0 Å². The number of hydrogen-bond donors (Lipinski definition) is 0. The predicted molar refractivity (Wildman–Crippen MR) is 69.0 cm³/mol. The van der Waals surface area contributed by atoms with Crippen LogP contribution in [-0.4, -0.2) is 4.98 Å². The van der Waals surface area contributed by atoms with E-state index in [1.54, 1.807) is 0 Å². The molecule has 0 fully saturated rings. The molecule has 0 aliphatic heterocycles. The van der Waals surface area contributed by atoms with E-state index in [2.05, 4.69) is 20.9 Å². The molecular weight excluding hydrogens is 320 g/mol. The van der Waals surface area contributed by atoms with Crippen LogP contribution in [0, 0.1) is 0 Å². The van der Waals surface area contributed by atoms with Gasteiger partial charge in [-0.15, -0.1) is 11.6 Å². The fourth-order valence-corrected chi connectivity index (χ4v) is 2.38. The Bertz CT molecular complexity index is 528. The zero-order valence-electron chi connectivity index (χ0n) is 7.40. The minimum absolute atomic E-state index is 0.349. The van der Waals surface area contributed by atoms with Crippen LogP contribution in [0.5, 0.6) is 0 Å². The van der Waals surface area contributed by atoms with Crippen molar-refractivity contribution >= 4 is 61.6 Å². The van der Waals surface area contributed by atoms with Crippen LogP contribution in [0.4, 0.5) is 0 Å². The Labute approximate surface area is 110 Å². The molecule has 0 amide bonds. The summed E-state index contributed by atoms with van der Waals surface area (Å²) >= 11 is 21.0. The minimum atomic E-state index is 0.349. The van der Waals surface area contributed by atoms with E-state index >= 15 is 0 Å². The zero-order valence-corrected chi connectivity index (χ0v) is 11.3. The first kappa shape index (κ1) is 11.5. The van der Waals surface area contributed by atoms with Crippen molar-refractivity contribution in [2.75, 3.05) is 0 Å². The van der Waals surface area contributed by atoms with Gasteiger partial charge in [0.15, 0.2) is 0 Å². The molecule has 2 rings (SSSR count). The van der Waals surface area contributed by atoms with Crippen LogP contribution >= 0.6 is 50.7 Å². The molecule has 15 heavy (non-hydrogen) atoms. The van der Waals surface area contributed by atoms with Gasteiger partial charge < -0.3 is 0 Å². The third-order valence-corrected chi connectivity index (χ3v) is 4.01. The van der Waals surface area contributed by atoms with Gasteiger partial charge in [-0.05, 0) is 28.1 Å². The van der Waals surface area contributed by atoms with Crippen LogP contribution in [0.1, 0.15) is 5.56 Å². The third kappa shape index (κ3) is 2.09. The molecule has 0 radical (unpaired) electrons. The highest BCUT2D eigenvalue weighted by Gasteiger charge is 2.08. The lowest BCUT2D eigenvalue weighted by molar-refractivity contribution is 1.30. The van der Waals surface area contributed by atoms with E-state index in [0.29, 0.717) is 16.1 Å². The molecule has 1 nitrogen and oxygen atoms in total. The number of rotatable bonds is 1. The zero-order chi connectivity index (χ0) is 11.0. The minimum Gasteiger partial charge on any atom is -0.235 e. The SMILES string of the molecule is ClCc1cc2ccc(Cl)c(Br)c2nc1Cl. The molecule has 1 aromatic heterocycles. The summed E-state index contributed by atoms with van der Waals surface area (Å²) in [5, 5.41) is 2.00. The van der Waals surface area contributed by atoms with Gasteiger partial charge in [0, 0.05) is 10.9 Å². The van der Waals surface area contributed by atoms with Gasteiger partial charge >= 0.3 is 0 Å². The van der Waals surface area contributed by atoms with E-state index in [1.165, 1.54) is 0 Å². The number of nitrogens with zero attached hydrogens (tertiary/aromatic N) is 1. The average Bonchev–Trinajstić information content (AvgIpc) is 2.24. The number of aromatic nitrogens is 1. The monoisotopic (exact) mass is 323 g/mol. The van der Waals surface area contributed by atoms with Gasteiger partial charge in [-0.1, -0.05) is 29.3 Å². The van der Waals surface area contributed by atoms with Crippen LogP contribution in [0.15, 0.2) is 22.7 Å². The lowest BCUT2D eigenvalue weighted by Gasteiger charge is -2.05. The van der Waals surface area contributed by atoms with Crippen LogP contribution in [0.25, 0.3) is 10.9 Å². The van der Waals surface area contributed by atoms with Gasteiger partial charge in [0.05, 0.1) is 20.9 Å². The molecule has 0 atom stereocenters. The van der Waals surface area contributed by atoms with Crippen molar-refractivity contribution in [2.24, 2.45) is 0 Å². The van der Waals surface area contributed by atoms with Gasteiger partial charge in [0.1, 0.15) is 5.15 Å². The van der Waals surface area contributed by atoms with Gasteiger partial charge in [-0.25, -0.2) is 4.98 Å². The molecule has 2 aromatic rings. The summed E-state index contributed by atoms with van der Waals surface area (Å²) in [6.45, 7) is 0. The van der Waals surface area contributed by atoms with E-state index in [9.17, 15) is 0 Å². The van der Waals surface area contributed by atoms with Crippen LogP contribution in [0.2, 0.25) is 10.2 Å². The summed E-state index contributed by atoms with van der Waals surface area (Å²) in [6, 6.07) is 5.61. The second-order valence-electron chi connectivity index (χ2n) is 3.01. The van der Waals surface area contributed by atoms with Gasteiger partial charge in [-0.2, -0.15) is 0 Å². The van der Waals surface area contributed by atoms with Crippen molar-refractivity contribution in [1.82, 2.24) is 4.98 Å². The second kappa shape index (κ2) is 4.46. The normalized spacial score (nSPS) is 10.9. The maximum absolute atomic E-state index is 5.97. The summed E-state index contributed by atoms with van der Waals surface area (Å²) in [4.78, 5) is 4.26. The summed E-state index contributed by atoms with van der Waals surface area (Å²) in [6.07, 6.45) is 0. The second-order valence-corrected chi connectivity index (χ2v) is 4.83. The van der Waals surface area contributed by atoms with Crippen LogP contribution < -0.4 is 0 Å². The van der Waals surface area contributed by atoms with E-state index in [-0.39, 0.29) is 0 Å². The Morgan fingerprint density at radius 2 is 2.00 bits per heavy atom. The predicted octanol–water partition coefficient (Wildman–Crippen LogP) is 5.04. The third-order valence-electron chi connectivity index (χ3n) is 2.05. The Morgan fingerprint density at radius 3 is 2.67 bits per heavy atom. The first-order valence-corrected chi connectivity index (χ1v) is 6.21. The standard InChI is InChI=1S/C10H5BrCl3N/c11-8-7(13)2-1-5-3-6(4-12)10(14)15-9(5)8/h1-3H,4H2. The van der Waals surface area contributed by atoms with Crippen molar-refractivity contribution in [3.05, 3.63) is 38.4 Å². The first-order valence-electron chi connectivity index (χ1n) is 4.12. The highest BCUT2D eigenvalue weighted by molar-refractivity contribution is 9.10. The smallest absolute Gasteiger partial charge is 0.134 e. The van der Waals surface area contributed by atoms with E-state index in [4.69, 9.17) is 34.8 Å². The Balaban J connectivity index is 2.81. The van der Waals surface area contributed by atoms with Crippen molar-refractivity contribution in [3.63, 3.8) is 0 Å². The first-order chi connectivity index (χ1) is 7.13. The molecule has 1 heterocycles. The molecule has 0 unspecified atom stereocenters. The van der Waals surface area contributed by atoms with E-state index in [0.717, 1.165) is 20.9 Å². The van der Waals surface area contributed by atoms with Gasteiger partial charge in [-0.3, -0.25) is 0 Å². The maximum Gasteiger partial charge on any atom is 0.134 e. The molecule has 0 saturated carbocycles. The molecule has 5 heteroatoms. The molecule has 0 aliphatic rings. The van der Waals surface area contributed by atoms with Gasteiger partial charge in [0.25, 0.3) is 0 Å². The van der Waals surface area contributed by atoms with Crippen LogP contribution in [-0.2, 0) is 5.88 Å². The lowest BCUT2D eigenvalue weighted by atomic mass is 10.2. The Morgan fingerprint density at radius 1 is 1.27 bits per heavy atom. The van der Waals surface area contributed by atoms with Crippen LogP contribution in [0.3, 0.4) is 0 Å². The topological polar surface area (TPSA) is 12.9 Å². The van der Waals surface area contributed by atoms with Crippen molar-refractivity contribution in [2.45, 2.75) is 5.88 Å². The number of pyridine rings is 1. The summed E-state index contributed by atoms with van der Waals surface area (Å²) < 4.78 is 0.754. The largest absolute Gasteiger partial charge is 0.235 e. The molecule has 1 aromatic carbocycles. The van der Waals surface area contributed by atoms with E-state index < -0.39 is 0 Å². The summed E-state index contributed by atoms with van der Waals surface area (Å²) in [7, 11) is 0. The van der Waals surface area contributed by atoms with E-state index in [1.807, 2.05) is 18.2 Å². The maximum atomic E-state index is 5.97. The molecule has 0 saturated heterocycles. The summed E-state index contributed by atoms with van der Waals surface area (Å²) in [5.74, 6) is 0.349. The molecule has 0 N–H and O–H groups in total. The number of benzene rings is 1. The van der Waals surface area contributed by atoms with Crippen molar-refractivity contribution in [1.29, 1.82) is 0 Å². The number of hydrogen-bond acceptors (Lipinski definition) is 1. The fourth-order valence-electron chi connectivity index (χ4n) is 1.30. The average molecular weight is 325 g/mol. The number of alkyl halides is 1. The van der Waals surface area contributed by atoms with Crippen molar-refractivity contribution in [3.8, 4) is 0 Å². The molecule has 0 spiro atoms. The molecule has 0 bridgehead atoms. The molecule has 78 valence electrons. The molecule has 0 aliphatic carbocycles. The number of halogens is 4. The van der Waals surface area contributed by atoms with Gasteiger partial charge in [0.2, 0.25) is 0 Å². The Hall–Kier alpha value is -0.0200. The fraction of sp³-hybridized carbons (Fsp3) is 0.100. The highest BCUT2D eigenvalue weighted by Crippen LogP contribution is 2.32. The highest BCUT2D eigenvalue weighted by atomic mass is 79.9. The quantitative estimate of drug-likeness (QED) is 0.528. The summed E-state index contributed by atoms with van der Waals surface area (Å²) in [5.41, 5.74) is 1.57.